The van der Waals surface area contributed by atoms with Crippen molar-refractivity contribution in [2.24, 2.45) is 0 Å². The Kier molecular flexibility index (Phi) is 5.95. The molecule has 1 aliphatic heterocycles. The zero-order valence-corrected chi connectivity index (χ0v) is 19.1. The molecule has 1 amide bonds. The molecule has 0 radical (unpaired) electrons. The van der Waals surface area contributed by atoms with E-state index >= 15 is 0 Å². The van der Waals surface area contributed by atoms with Crippen LogP contribution in [0.5, 0.6) is 5.75 Å². The van der Waals surface area contributed by atoms with Gasteiger partial charge >= 0.3 is 0 Å². The zero-order valence-electron chi connectivity index (χ0n) is 16.9. The van der Waals surface area contributed by atoms with Gasteiger partial charge in [0.1, 0.15) is 29.1 Å². The first-order valence-corrected chi connectivity index (χ1v) is 10.5. The molecule has 1 aliphatic rings. The number of amides is 1. The summed E-state index contributed by atoms with van der Waals surface area (Å²) in [6.07, 6.45) is 0. The molecule has 4 rings (SSSR count). The van der Waals surface area contributed by atoms with E-state index in [1.54, 1.807) is 43.3 Å². The topological polar surface area (TPSA) is 80.0 Å². The van der Waals surface area contributed by atoms with Crippen LogP contribution in [0.2, 0.25) is 15.1 Å². The number of hydrogen-bond acceptors (Lipinski definition) is 5. The molecule has 6 nitrogen and oxygen atoms in total. The first-order valence-electron chi connectivity index (χ1n) is 9.39. The fourth-order valence-electron chi connectivity index (χ4n) is 3.66. The number of ether oxygens (including phenoxy) is 1. The van der Waals surface area contributed by atoms with Gasteiger partial charge in [0.2, 0.25) is 0 Å². The molecule has 0 bridgehead atoms. The fourth-order valence-corrected chi connectivity index (χ4v) is 4.36. The van der Waals surface area contributed by atoms with E-state index in [9.17, 15) is 14.7 Å². The molecule has 1 fully saturated rings. The van der Waals surface area contributed by atoms with E-state index in [1.807, 2.05) is 0 Å². The summed E-state index contributed by atoms with van der Waals surface area (Å²) in [6, 6.07) is 11.6. The minimum Gasteiger partial charge on any atom is -0.507 e. The lowest BCUT2D eigenvalue weighted by atomic mass is 9.98. The summed E-state index contributed by atoms with van der Waals surface area (Å²) >= 11 is 18.3. The number of aliphatic hydroxyl groups excluding tert-OH is 1. The lowest BCUT2D eigenvalue weighted by Crippen LogP contribution is -2.29. The molecule has 2 aromatic carbocycles. The second-order valence-electron chi connectivity index (χ2n) is 7.06. The molecule has 0 saturated carbocycles. The first-order chi connectivity index (χ1) is 15.2. The molecular weight excluding hydrogens is 477 g/mol. The number of carbonyl (C=O) groups excluding carboxylic acids is 2. The van der Waals surface area contributed by atoms with Crippen molar-refractivity contribution in [1.29, 1.82) is 0 Å². The van der Waals surface area contributed by atoms with Gasteiger partial charge in [-0.05, 0) is 55.5 Å². The normalized spacial score (nSPS) is 17.8. The summed E-state index contributed by atoms with van der Waals surface area (Å²) in [5.74, 6) is -1.23. The van der Waals surface area contributed by atoms with Crippen molar-refractivity contribution in [3.8, 4) is 5.75 Å². The quantitative estimate of drug-likeness (QED) is 0.267. The number of benzene rings is 2. The molecule has 9 heteroatoms. The number of furan rings is 1. The average Bonchev–Trinajstić information content (AvgIpc) is 3.29. The third kappa shape index (κ3) is 3.75. The molecular formula is C23H16Cl3NO5. The number of methoxy groups -OCH3 is 1. The summed E-state index contributed by atoms with van der Waals surface area (Å²) < 4.78 is 11.1. The molecule has 1 saturated heterocycles. The largest absolute Gasteiger partial charge is 0.507 e. The lowest BCUT2D eigenvalue weighted by Gasteiger charge is -2.23. The number of nitrogens with zero attached hydrogens (tertiary/aromatic N) is 1. The highest BCUT2D eigenvalue weighted by Gasteiger charge is 2.48. The van der Waals surface area contributed by atoms with Crippen LogP contribution in [0.1, 0.15) is 23.1 Å². The predicted octanol–water partition coefficient (Wildman–Crippen LogP) is 6.18. The molecule has 1 N–H and O–H groups in total. The van der Waals surface area contributed by atoms with E-state index in [2.05, 4.69) is 0 Å². The molecule has 32 heavy (non-hydrogen) atoms. The van der Waals surface area contributed by atoms with Gasteiger partial charge in [-0.3, -0.25) is 14.5 Å². The van der Waals surface area contributed by atoms with Crippen LogP contribution < -0.4 is 9.64 Å². The number of halogens is 3. The van der Waals surface area contributed by atoms with Gasteiger partial charge in [-0.15, -0.1) is 0 Å². The van der Waals surface area contributed by atoms with Gasteiger partial charge in [0.05, 0.1) is 23.3 Å². The number of ketones is 1. The van der Waals surface area contributed by atoms with Crippen molar-refractivity contribution in [1.82, 2.24) is 0 Å². The van der Waals surface area contributed by atoms with E-state index in [1.165, 1.54) is 24.1 Å². The van der Waals surface area contributed by atoms with Gasteiger partial charge in [-0.25, -0.2) is 0 Å². The summed E-state index contributed by atoms with van der Waals surface area (Å²) in [5, 5.41) is 12.1. The number of rotatable bonds is 4. The van der Waals surface area contributed by atoms with Crippen LogP contribution in [0, 0.1) is 6.92 Å². The third-order valence-electron chi connectivity index (χ3n) is 5.05. The van der Waals surface area contributed by atoms with Crippen molar-refractivity contribution >= 4 is 57.9 Å². The second kappa shape index (κ2) is 8.54. The Labute approximate surface area is 198 Å². The highest BCUT2D eigenvalue weighted by molar-refractivity contribution is 6.51. The van der Waals surface area contributed by atoms with E-state index in [0.717, 1.165) is 0 Å². The Morgan fingerprint density at radius 3 is 2.31 bits per heavy atom. The summed E-state index contributed by atoms with van der Waals surface area (Å²) in [5.41, 5.74) is 0.300. The molecule has 3 aromatic rings. The van der Waals surface area contributed by atoms with Crippen LogP contribution in [-0.2, 0) is 9.59 Å². The number of aliphatic hydroxyl groups is 1. The van der Waals surface area contributed by atoms with Gasteiger partial charge in [0.25, 0.3) is 11.7 Å². The maximum absolute atomic E-state index is 13.1. The highest BCUT2D eigenvalue weighted by Crippen LogP contribution is 2.45. The van der Waals surface area contributed by atoms with Crippen LogP contribution in [0.3, 0.4) is 0 Å². The predicted molar refractivity (Wildman–Crippen MR) is 123 cm³/mol. The van der Waals surface area contributed by atoms with Gasteiger partial charge in [-0.1, -0.05) is 34.8 Å². The lowest BCUT2D eigenvalue weighted by molar-refractivity contribution is -0.132. The summed E-state index contributed by atoms with van der Waals surface area (Å²) in [7, 11) is 1.37. The SMILES string of the molecule is COc1c(Cl)cc(Cl)cc1/C(O)=C1\C(=O)C(=O)N(c2ccc(Cl)cc2)C1c1ccc(C)o1. The Bertz CT molecular complexity index is 1260. The van der Waals surface area contributed by atoms with Crippen LogP contribution in [0.25, 0.3) is 5.76 Å². The van der Waals surface area contributed by atoms with Crippen molar-refractivity contribution in [3.63, 3.8) is 0 Å². The van der Waals surface area contributed by atoms with Crippen LogP contribution in [0.15, 0.2) is 58.5 Å². The van der Waals surface area contributed by atoms with Crippen LogP contribution in [0.4, 0.5) is 5.69 Å². The summed E-state index contributed by atoms with van der Waals surface area (Å²) in [4.78, 5) is 27.5. The van der Waals surface area contributed by atoms with E-state index < -0.39 is 23.5 Å². The third-order valence-corrected chi connectivity index (χ3v) is 5.80. The Balaban J connectivity index is 1.99. The van der Waals surface area contributed by atoms with Gasteiger partial charge in [0, 0.05) is 15.7 Å². The van der Waals surface area contributed by atoms with Crippen molar-refractivity contribution in [2.75, 3.05) is 12.0 Å². The number of carbonyl (C=O) groups is 2. The Morgan fingerprint density at radius 2 is 1.72 bits per heavy atom. The number of aryl methyl sites for hydroxylation is 1. The minimum absolute atomic E-state index is 0.0763. The first kappa shape index (κ1) is 22.3. The Hall–Kier alpha value is -2.93. The molecule has 0 aliphatic carbocycles. The number of anilines is 1. The minimum atomic E-state index is -1.03. The standard InChI is InChI=1S/C23H16Cl3NO5/c1-11-3-8-17(32-11)19-18(20(28)15-9-13(25)10-16(26)22(15)31-2)21(29)23(30)27(19)14-6-4-12(24)5-7-14/h3-10,19,28H,1-2H3/b20-18+. The number of hydrogen-bond donors (Lipinski definition) is 1. The van der Waals surface area contributed by atoms with E-state index in [4.69, 9.17) is 44.0 Å². The molecule has 2 heterocycles. The number of Topliss-reactive ketones (excluding diaryl/α,β-unsaturated/α-hetero) is 1. The van der Waals surface area contributed by atoms with Crippen molar-refractivity contribution in [3.05, 3.63) is 86.3 Å². The summed E-state index contributed by atoms with van der Waals surface area (Å²) in [6.45, 7) is 1.73. The van der Waals surface area contributed by atoms with Gasteiger partial charge in [0.15, 0.2) is 0 Å². The fraction of sp³-hybridized carbons (Fsp3) is 0.130. The van der Waals surface area contributed by atoms with Crippen molar-refractivity contribution < 1.29 is 23.8 Å². The molecule has 1 aromatic heterocycles. The van der Waals surface area contributed by atoms with Gasteiger partial charge < -0.3 is 14.3 Å². The average molecular weight is 493 g/mol. The van der Waals surface area contributed by atoms with Crippen molar-refractivity contribution in [2.45, 2.75) is 13.0 Å². The van der Waals surface area contributed by atoms with Gasteiger partial charge in [-0.2, -0.15) is 0 Å². The highest BCUT2D eigenvalue weighted by atomic mass is 35.5. The zero-order chi connectivity index (χ0) is 23.2. The molecule has 164 valence electrons. The molecule has 1 unspecified atom stereocenters. The van der Waals surface area contributed by atoms with E-state index in [0.29, 0.717) is 22.2 Å². The second-order valence-corrected chi connectivity index (χ2v) is 8.34. The van der Waals surface area contributed by atoms with Crippen LogP contribution >= 0.6 is 34.8 Å². The monoisotopic (exact) mass is 491 g/mol. The maximum atomic E-state index is 13.1. The smallest absolute Gasteiger partial charge is 0.300 e. The molecule has 0 spiro atoms. The maximum Gasteiger partial charge on any atom is 0.300 e. The van der Waals surface area contributed by atoms with Crippen LogP contribution in [-0.4, -0.2) is 23.9 Å². The molecule has 1 atom stereocenters. The van der Waals surface area contributed by atoms with E-state index in [-0.39, 0.29) is 26.9 Å². The Morgan fingerprint density at radius 1 is 1.03 bits per heavy atom.